The number of para-hydroxylation sites is 4. The highest BCUT2D eigenvalue weighted by atomic mass is 79.9. The number of hydrogen-bond acceptors (Lipinski definition) is 4. The number of benzene rings is 5. The minimum atomic E-state index is -0.308. The lowest BCUT2D eigenvalue weighted by atomic mass is 10.1. The monoisotopic (exact) mass is 822 g/mol. The van der Waals surface area contributed by atoms with Crippen LogP contribution in [-0.2, 0) is 12.8 Å². The molecule has 6 nitrogen and oxygen atoms in total. The summed E-state index contributed by atoms with van der Waals surface area (Å²) in [6, 6.07) is 35.5. The zero-order valence-electron chi connectivity index (χ0n) is 30.0. The Morgan fingerprint density at radius 3 is 1.21 bits per heavy atom. The number of carbonyl (C=O) groups is 2. The lowest BCUT2D eigenvalue weighted by molar-refractivity contribution is 0.101. The Morgan fingerprint density at radius 1 is 0.481 bits per heavy atom. The fourth-order valence-corrected chi connectivity index (χ4v) is 7.06. The van der Waals surface area contributed by atoms with Crippen molar-refractivity contribution in [1.82, 2.24) is 0 Å². The van der Waals surface area contributed by atoms with Crippen LogP contribution in [-0.4, -0.2) is 11.8 Å². The molecule has 0 radical (unpaired) electrons. The number of nitrogens with one attached hydrogen (secondary N) is 4. The first-order chi connectivity index (χ1) is 25.3. The molecule has 270 valence electrons. The molecular formula is C44H48Br2N4O2. The molecular weight excluding hydrogens is 776 g/mol. The molecule has 0 spiro atoms. The molecule has 0 heterocycles. The molecule has 8 heteroatoms. The number of amides is 2. The van der Waals surface area contributed by atoms with Gasteiger partial charge >= 0.3 is 0 Å². The molecule has 2 amide bonds. The van der Waals surface area contributed by atoms with Crippen LogP contribution in [0.3, 0.4) is 0 Å². The van der Waals surface area contributed by atoms with E-state index in [0.717, 1.165) is 35.6 Å². The standard InChI is InChI=1S/C44H48Br2N4O2/c1-3-5-7-9-15-31-21-25-33(26-22-31)47-39-17-11-13-19-41(39)49-43(51)35-29-38(46)36(30-37(35)45)44(52)50-42-20-14-12-18-40(42)48-34-27-23-32(24-28-34)16-10-8-6-4-2/h11-14,17-30,47-48H,3-10,15-16H2,1-2H3,(H,49,51)(H,50,52). The minimum Gasteiger partial charge on any atom is -0.354 e. The summed E-state index contributed by atoms with van der Waals surface area (Å²) in [4.78, 5) is 27.1. The molecule has 5 aromatic carbocycles. The van der Waals surface area contributed by atoms with Crippen molar-refractivity contribution in [3.8, 4) is 0 Å². The molecule has 0 aliphatic carbocycles. The highest BCUT2D eigenvalue weighted by molar-refractivity contribution is 9.11. The molecule has 0 atom stereocenters. The van der Waals surface area contributed by atoms with Crippen molar-refractivity contribution in [3.63, 3.8) is 0 Å². The van der Waals surface area contributed by atoms with Crippen molar-refractivity contribution in [2.75, 3.05) is 21.3 Å². The summed E-state index contributed by atoms with van der Waals surface area (Å²) < 4.78 is 0.999. The summed E-state index contributed by atoms with van der Waals surface area (Å²) in [6.45, 7) is 4.46. The number of rotatable bonds is 18. The van der Waals surface area contributed by atoms with E-state index >= 15 is 0 Å². The highest BCUT2D eigenvalue weighted by Gasteiger charge is 2.19. The maximum atomic E-state index is 13.6. The normalized spacial score (nSPS) is 10.8. The van der Waals surface area contributed by atoms with Crippen LogP contribution in [0.15, 0.2) is 118 Å². The van der Waals surface area contributed by atoms with E-state index in [9.17, 15) is 9.59 Å². The van der Waals surface area contributed by atoms with Gasteiger partial charge in [-0.3, -0.25) is 9.59 Å². The van der Waals surface area contributed by atoms with Gasteiger partial charge < -0.3 is 21.3 Å². The van der Waals surface area contributed by atoms with E-state index < -0.39 is 0 Å². The van der Waals surface area contributed by atoms with Crippen LogP contribution in [0.2, 0.25) is 0 Å². The van der Waals surface area contributed by atoms with Gasteiger partial charge in [-0.1, -0.05) is 101 Å². The van der Waals surface area contributed by atoms with Crippen LogP contribution in [0.25, 0.3) is 0 Å². The fourth-order valence-electron chi connectivity index (χ4n) is 6.01. The van der Waals surface area contributed by atoms with E-state index in [4.69, 9.17) is 0 Å². The zero-order valence-corrected chi connectivity index (χ0v) is 33.2. The van der Waals surface area contributed by atoms with E-state index in [1.807, 2.05) is 48.5 Å². The van der Waals surface area contributed by atoms with Gasteiger partial charge in [-0.05, 0) is 129 Å². The van der Waals surface area contributed by atoms with Crippen LogP contribution < -0.4 is 21.3 Å². The molecule has 0 unspecified atom stereocenters. The first kappa shape index (κ1) is 38.8. The molecule has 0 aliphatic heterocycles. The second-order valence-electron chi connectivity index (χ2n) is 13.1. The summed E-state index contributed by atoms with van der Waals surface area (Å²) in [5.74, 6) is -0.615. The Labute approximate surface area is 325 Å². The third-order valence-corrected chi connectivity index (χ3v) is 10.3. The first-order valence-electron chi connectivity index (χ1n) is 18.4. The van der Waals surface area contributed by atoms with Crippen LogP contribution in [0, 0.1) is 0 Å². The second-order valence-corrected chi connectivity index (χ2v) is 14.8. The Morgan fingerprint density at radius 2 is 0.846 bits per heavy atom. The number of aryl methyl sites for hydroxylation is 2. The van der Waals surface area contributed by atoms with E-state index in [-0.39, 0.29) is 11.8 Å². The number of halogens is 2. The molecule has 0 saturated heterocycles. The van der Waals surface area contributed by atoms with Crippen molar-refractivity contribution < 1.29 is 9.59 Å². The summed E-state index contributed by atoms with van der Waals surface area (Å²) in [7, 11) is 0. The Bertz CT molecular complexity index is 1790. The van der Waals surface area contributed by atoms with Gasteiger partial charge in [0.1, 0.15) is 0 Å². The summed E-state index contributed by atoms with van der Waals surface area (Å²) in [5, 5.41) is 13.0. The predicted octanol–water partition coefficient (Wildman–Crippen LogP) is 13.4. The van der Waals surface area contributed by atoms with Gasteiger partial charge in [0.05, 0.1) is 33.9 Å². The highest BCUT2D eigenvalue weighted by Crippen LogP contribution is 2.32. The molecule has 52 heavy (non-hydrogen) atoms. The Hall–Kier alpha value is -4.40. The van der Waals surface area contributed by atoms with Gasteiger partial charge in [0, 0.05) is 20.3 Å². The lowest BCUT2D eigenvalue weighted by Gasteiger charge is -2.16. The Balaban J connectivity index is 1.22. The number of unbranched alkanes of at least 4 members (excludes halogenated alkanes) is 6. The molecule has 0 aliphatic rings. The molecule has 4 N–H and O–H groups in total. The smallest absolute Gasteiger partial charge is 0.256 e. The summed E-state index contributed by atoms with van der Waals surface area (Å²) in [6.07, 6.45) is 12.1. The maximum absolute atomic E-state index is 13.6. The first-order valence-corrected chi connectivity index (χ1v) is 19.9. The van der Waals surface area contributed by atoms with Crippen molar-refractivity contribution in [1.29, 1.82) is 0 Å². The summed E-state index contributed by atoms with van der Waals surface area (Å²) >= 11 is 7.11. The third kappa shape index (κ3) is 11.3. The van der Waals surface area contributed by atoms with Crippen LogP contribution in [0.5, 0.6) is 0 Å². The fraction of sp³-hybridized carbons (Fsp3) is 0.273. The van der Waals surface area contributed by atoms with Gasteiger partial charge in [-0.25, -0.2) is 0 Å². The van der Waals surface area contributed by atoms with Crippen LogP contribution in [0.4, 0.5) is 34.1 Å². The Kier molecular flexibility index (Phi) is 14.9. The van der Waals surface area contributed by atoms with E-state index in [0.29, 0.717) is 31.4 Å². The van der Waals surface area contributed by atoms with Crippen LogP contribution >= 0.6 is 31.9 Å². The molecule has 5 rings (SSSR count). The quantitative estimate of drug-likeness (QED) is 0.0664. The SMILES string of the molecule is CCCCCCc1ccc(Nc2ccccc2NC(=O)c2cc(Br)c(C(=O)Nc3ccccc3Nc3ccc(CCCCCC)cc3)cc2Br)cc1. The molecule has 0 fully saturated rings. The maximum Gasteiger partial charge on any atom is 0.256 e. The molecule has 0 aromatic heterocycles. The molecule has 5 aromatic rings. The topological polar surface area (TPSA) is 82.3 Å². The van der Waals surface area contributed by atoms with E-state index in [2.05, 4.69) is 116 Å². The van der Waals surface area contributed by atoms with Crippen molar-refractivity contribution in [3.05, 3.63) is 140 Å². The van der Waals surface area contributed by atoms with Gasteiger partial charge in [-0.15, -0.1) is 0 Å². The number of hydrogen-bond donors (Lipinski definition) is 4. The van der Waals surface area contributed by atoms with Crippen molar-refractivity contribution in [2.24, 2.45) is 0 Å². The summed E-state index contributed by atoms with van der Waals surface area (Å²) in [5.41, 5.74) is 8.17. The molecule has 0 bridgehead atoms. The van der Waals surface area contributed by atoms with Crippen molar-refractivity contribution >= 4 is 77.8 Å². The van der Waals surface area contributed by atoms with E-state index in [1.54, 1.807) is 12.1 Å². The van der Waals surface area contributed by atoms with E-state index in [1.165, 1.54) is 62.5 Å². The van der Waals surface area contributed by atoms with Crippen molar-refractivity contribution in [2.45, 2.75) is 78.1 Å². The predicted molar refractivity (Wildman–Crippen MR) is 226 cm³/mol. The van der Waals surface area contributed by atoms with Gasteiger partial charge in [0.15, 0.2) is 0 Å². The number of anilines is 6. The van der Waals surface area contributed by atoms with Gasteiger partial charge in [0.25, 0.3) is 11.8 Å². The van der Waals surface area contributed by atoms with Gasteiger partial charge in [-0.2, -0.15) is 0 Å². The largest absolute Gasteiger partial charge is 0.354 e. The van der Waals surface area contributed by atoms with Gasteiger partial charge in [0.2, 0.25) is 0 Å². The number of carbonyl (C=O) groups excluding carboxylic acids is 2. The average molecular weight is 825 g/mol. The zero-order chi connectivity index (χ0) is 36.7. The third-order valence-electron chi connectivity index (χ3n) is 9.00. The second kappa shape index (κ2) is 20.0. The average Bonchev–Trinajstić information content (AvgIpc) is 3.15. The lowest BCUT2D eigenvalue weighted by Crippen LogP contribution is -2.17. The minimum absolute atomic E-state index is 0.308. The molecule has 0 saturated carbocycles. The van der Waals surface area contributed by atoms with Crippen LogP contribution in [0.1, 0.15) is 97.1 Å².